The molecule has 0 bridgehead atoms. The number of nitrogens with zero attached hydrogens (tertiary/aromatic N) is 1. The van der Waals surface area contributed by atoms with E-state index < -0.39 is 0 Å². The van der Waals surface area contributed by atoms with Gasteiger partial charge in [0.1, 0.15) is 0 Å². The van der Waals surface area contributed by atoms with Gasteiger partial charge in [-0.05, 0) is 110 Å². The van der Waals surface area contributed by atoms with Crippen molar-refractivity contribution in [2.24, 2.45) is 0 Å². The third kappa shape index (κ3) is 5.99. The van der Waals surface area contributed by atoms with Gasteiger partial charge in [0.2, 0.25) is 0 Å². The van der Waals surface area contributed by atoms with Crippen LogP contribution in [0.5, 0.6) is 0 Å². The van der Waals surface area contributed by atoms with Crippen LogP contribution in [-0.2, 0) is 5.41 Å². The molecule has 0 amide bonds. The van der Waals surface area contributed by atoms with Crippen molar-refractivity contribution in [3.05, 3.63) is 223 Å². The molecule has 1 aliphatic rings. The molecule has 1 aliphatic carbocycles. The minimum absolute atomic E-state index is 0.135. The van der Waals surface area contributed by atoms with Crippen LogP contribution in [0.15, 0.2) is 212 Å². The summed E-state index contributed by atoms with van der Waals surface area (Å²) < 4.78 is 2.58. The normalized spacial score (nSPS) is 12.7. The Morgan fingerprint density at radius 1 is 0.373 bits per heavy atom. The number of hydrogen-bond donors (Lipinski definition) is 0. The van der Waals surface area contributed by atoms with Crippen molar-refractivity contribution < 1.29 is 0 Å². The number of anilines is 3. The highest BCUT2D eigenvalue weighted by atomic mass is 32.1. The molecule has 0 fully saturated rings. The molecule has 0 saturated heterocycles. The molecular weight excluding hydrogens is 731 g/mol. The Hall–Kier alpha value is -7.00. The van der Waals surface area contributed by atoms with E-state index in [2.05, 4.69) is 231 Å². The van der Waals surface area contributed by atoms with Crippen LogP contribution in [0.1, 0.15) is 25.0 Å². The molecule has 1 heterocycles. The largest absolute Gasteiger partial charge is 0.310 e. The van der Waals surface area contributed by atoms with Gasteiger partial charge in [0.05, 0.1) is 5.69 Å². The summed E-state index contributed by atoms with van der Waals surface area (Å²) in [6.45, 7) is 4.74. The molecule has 0 aliphatic heterocycles. The van der Waals surface area contributed by atoms with Gasteiger partial charge in [-0.3, -0.25) is 0 Å². The van der Waals surface area contributed by atoms with Crippen LogP contribution in [0, 0.1) is 0 Å². The number of benzene rings is 9. The molecule has 2 heteroatoms. The third-order valence-corrected chi connectivity index (χ3v) is 13.4. The van der Waals surface area contributed by atoms with Gasteiger partial charge < -0.3 is 4.90 Å². The Balaban J connectivity index is 1.12. The monoisotopic (exact) mass is 771 g/mol. The molecule has 1 nitrogen and oxygen atoms in total. The van der Waals surface area contributed by atoms with Crippen molar-refractivity contribution in [1.82, 2.24) is 0 Å². The average molecular weight is 772 g/mol. The Labute approximate surface area is 350 Å². The number of fused-ring (bicyclic) bond motifs is 6. The lowest BCUT2D eigenvalue weighted by molar-refractivity contribution is 0.660. The van der Waals surface area contributed by atoms with E-state index >= 15 is 0 Å². The molecule has 0 spiro atoms. The molecule has 280 valence electrons. The minimum Gasteiger partial charge on any atom is -0.310 e. The van der Waals surface area contributed by atoms with Crippen molar-refractivity contribution >= 4 is 48.6 Å². The predicted octanol–water partition coefficient (Wildman–Crippen LogP) is 16.5. The predicted molar refractivity (Wildman–Crippen MR) is 253 cm³/mol. The summed E-state index contributed by atoms with van der Waals surface area (Å²) in [4.78, 5) is 2.50. The van der Waals surface area contributed by atoms with Crippen LogP contribution in [0.25, 0.3) is 75.8 Å². The Morgan fingerprint density at radius 2 is 0.915 bits per heavy atom. The first kappa shape index (κ1) is 35.2. The molecule has 0 unspecified atom stereocenters. The van der Waals surface area contributed by atoms with Crippen LogP contribution in [-0.4, -0.2) is 0 Å². The standard InChI is InChI=1S/C57H41NS/c1-57(2)50-22-11-9-20-47(50)48-33-32-46(37-51(48)57)58(45-30-28-42(29-31-45)41-26-24-40(25-27-41)38-14-5-3-6-15-38)52-34-35-54-56(49-21-10-12-23-53(49)59-54)55(52)44-19-13-18-43(36-44)39-16-7-4-8-17-39/h3-37H,1-2H3. The van der Waals surface area contributed by atoms with E-state index in [9.17, 15) is 0 Å². The van der Waals surface area contributed by atoms with Gasteiger partial charge in [-0.2, -0.15) is 0 Å². The van der Waals surface area contributed by atoms with Gasteiger partial charge in [0.25, 0.3) is 0 Å². The Kier molecular flexibility index (Phi) is 8.43. The van der Waals surface area contributed by atoms with Crippen LogP contribution >= 0.6 is 11.3 Å². The maximum absolute atomic E-state index is 2.50. The molecule has 59 heavy (non-hydrogen) atoms. The van der Waals surface area contributed by atoms with Gasteiger partial charge >= 0.3 is 0 Å². The summed E-state index contributed by atoms with van der Waals surface area (Å²) >= 11 is 1.87. The molecule has 0 N–H and O–H groups in total. The first-order chi connectivity index (χ1) is 29.0. The smallest absolute Gasteiger partial charge is 0.0547 e. The lowest BCUT2D eigenvalue weighted by atomic mass is 9.82. The summed E-state index contributed by atoms with van der Waals surface area (Å²) in [5.41, 5.74) is 18.3. The fraction of sp³-hybridized carbons (Fsp3) is 0.0526. The lowest BCUT2D eigenvalue weighted by Crippen LogP contribution is -2.17. The first-order valence-electron chi connectivity index (χ1n) is 20.4. The maximum Gasteiger partial charge on any atom is 0.0547 e. The molecular formula is C57H41NS. The van der Waals surface area contributed by atoms with Crippen molar-refractivity contribution in [2.45, 2.75) is 19.3 Å². The van der Waals surface area contributed by atoms with E-state index in [1.54, 1.807) is 0 Å². The van der Waals surface area contributed by atoms with Crippen LogP contribution in [0.4, 0.5) is 17.1 Å². The average Bonchev–Trinajstić information content (AvgIpc) is 3.79. The molecule has 0 atom stereocenters. The number of rotatable bonds is 7. The molecule has 11 rings (SSSR count). The van der Waals surface area contributed by atoms with E-state index in [4.69, 9.17) is 0 Å². The van der Waals surface area contributed by atoms with Crippen molar-refractivity contribution in [2.75, 3.05) is 4.90 Å². The molecule has 0 radical (unpaired) electrons. The number of thiophene rings is 1. The van der Waals surface area contributed by atoms with Gasteiger partial charge in [-0.1, -0.05) is 178 Å². The van der Waals surface area contributed by atoms with Crippen LogP contribution in [0.2, 0.25) is 0 Å². The second-order valence-corrected chi connectivity index (χ2v) is 17.2. The first-order valence-corrected chi connectivity index (χ1v) is 21.2. The quantitative estimate of drug-likeness (QED) is 0.156. The summed E-state index contributed by atoms with van der Waals surface area (Å²) in [6.07, 6.45) is 0. The van der Waals surface area contributed by atoms with Gasteiger partial charge in [-0.15, -0.1) is 11.3 Å². The van der Waals surface area contributed by atoms with Gasteiger partial charge in [0.15, 0.2) is 0 Å². The zero-order valence-corrected chi connectivity index (χ0v) is 33.9. The second-order valence-electron chi connectivity index (χ2n) is 16.1. The van der Waals surface area contributed by atoms with Crippen molar-refractivity contribution in [3.8, 4) is 55.6 Å². The van der Waals surface area contributed by atoms with E-state index in [1.807, 2.05) is 11.3 Å². The van der Waals surface area contributed by atoms with E-state index in [0.717, 1.165) is 17.1 Å². The number of hydrogen-bond acceptors (Lipinski definition) is 2. The Morgan fingerprint density at radius 3 is 1.64 bits per heavy atom. The summed E-state index contributed by atoms with van der Waals surface area (Å²) in [5.74, 6) is 0. The third-order valence-electron chi connectivity index (χ3n) is 12.3. The Bertz CT molecular complexity index is 3160. The zero-order chi connectivity index (χ0) is 39.5. The van der Waals surface area contributed by atoms with Crippen molar-refractivity contribution in [1.29, 1.82) is 0 Å². The molecule has 1 aromatic heterocycles. The fourth-order valence-electron chi connectivity index (χ4n) is 9.32. The van der Waals surface area contributed by atoms with Crippen LogP contribution in [0.3, 0.4) is 0 Å². The molecule has 0 saturated carbocycles. The molecule has 9 aromatic carbocycles. The zero-order valence-electron chi connectivity index (χ0n) is 33.1. The van der Waals surface area contributed by atoms with E-state index in [0.29, 0.717) is 0 Å². The highest BCUT2D eigenvalue weighted by molar-refractivity contribution is 7.26. The molecule has 10 aromatic rings. The summed E-state index contributed by atoms with van der Waals surface area (Å²) in [5, 5.41) is 2.58. The lowest BCUT2D eigenvalue weighted by Gasteiger charge is -2.30. The summed E-state index contributed by atoms with van der Waals surface area (Å²) in [7, 11) is 0. The highest BCUT2D eigenvalue weighted by Gasteiger charge is 2.36. The van der Waals surface area contributed by atoms with E-state index in [1.165, 1.54) is 86.9 Å². The second kappa shape index (κ2) is 14.1. The summed E-state index contributed by atoms with van der Waals surface area (Å²) in [6, 6.07) is 78.1. The maximum atomic E-state index is 2.50. The van der Waals surface area contributed by atoms with Crippen LogP contribution < -0.4 is 4.90 Å². The minimum atomic E-state index is -0.135. The SMILES string of the molecule is CC1(C)c2ccccc2-c2ccc(N(c3ccc(-c4ccc(-c5ccccc5)cc4)cc3)c3ccc4sc5ccccc5c4c3-c3cccc(-c4ccccc4)c3)cc21. The fourth-order valence-corrected chi connectivity index (χ4v) is 10.4. The van der Waals surface area contributed by atoms with Gasteiger partial charge in [0, 0.05) is 42.5 Å². The highest BCUT2D eigenvalue weighted by Crippen LogP contribution is 2.53. The van der Waals surface area contributed by atoms with E-state index in [-0.39, 0.29) is 5.41 Å². The van der Waals surface area contributed by atoms with Gasteiger partial charge in [-0.25, -0.2) is 0 Å². The topological polar surface area (TPSA) is 3.24 Å². The van der Waals surface area contributed by atoms with Crippen molar-refractivity contribution in [3.63, 3.8) is 0 Å².